The lowest BCUT2D eigenvalue weighted by Crippen LogP contribution is -2.27. The zero-order valence-electron chi connectivity index (χ0n) is 11.1. The number of carbonyl (C=O) groups excluding carboxylic acids is 1. The average molecular weight is 310 g/mol. The van der Waals surface area contributed by atoms with Crippen molar-refractivity contribution in [1.82, 2.24) is 10.3 Å². The van der Waals surface area contributed by atoms with Gasteiger partial charge < -0.3 is 11.1 Å². The number of hydrogen-bond donors (Lipinski definition) is 2. The van der Waals surface area contributed by atoms with Gasteiger partial charge in [0.2, 0.25) is 0 Å². The highest BCUT2D eigenvalue weighted by Gasteiger charge is 2.14. The quantitative estimate of drug-likeness (QED) is 0.892. The zero-order chi connectivity index (χ0) is 14.5. The number of benzene rings is 1. The summed E-state index contributed by atoms with van der Waals surface area (Å²) in [5.41, 5.74) is 6.87. The Hall–Kier alpha value is -1.43. The lowest BCUT2D eigenvalue weighted by atomic mass is 10.1. The third-order valence-corrected chi connectivity index (χ3v) is 3.98. The number of nitrogens with zero attached hydrogens (tertiary/aromatic N) is 1. The minimum Gasteiger partial charge on any atom is -0.344 e. The molecule has 106 valence electrons. The van der Waals surface area contributed by atoms with E-state index in [1.807, 2.05) is 25.1 Å². The maximum absolute atomic E-state index is 12.1. The minimum absolute atomic E-state index is 0.124. The smallest absolute Gasteiger partial charge is 0.271 e. The first-order valence-electron chi connectivity index (χ1n) is 6.31. The largest absolute Gasteiger partial charge is 0.344 e. The van der Waals surface area contributed by atoms with E-state index in [9.17, 15) is 4.79 Å². The summed E-state index contributed by atoms with van der Waals surface area (Å²) in [7, 11) is 0. The molecular formula is C14H16ClN3OS. The van der Waals surface area contributed by atoms with Crippen molar-refractivity contribution in [3.8, 4) is 0 Å². The Morgan fingerprint density at radius 2 is 2.35 bits per heavy atom. The second kappa shape index (κ2) is 6.83. The fourth-order valence-electron chi connectivity index (χ4n) is 1.78. The Bertz CT molecular complexity index is 600. The molecule has 1 unspecified atom stereocenters. The highest BCUT2D eigenvalue weighted by atomic mass is 35.5. The molecule has 6 heteroatoms. The normalized spacial score (nSPS) is 12.2. The number of halogens is 1. The lowest BCUT2D eigenvalue weighted by molar-refractivity contribution is 0.0935. The molecule has 3 N–H and O–H groups in total. The summed E-state index contributed by atoms with van der Waals surface area (Å²) in [5.74, 6) is -0.183. The third kappa shape index (κ3) is 3.79. The molecule has 0 saturated heterocycles. The zero-order valence-corrected chi connectivity index (χ0v) is 12.7. The second-order valence-corrected chi connectivity index (χ2v) is 5.79. The van der Waals surface area contributed by atoms with Crippen LogP contribution in [0.1, 0.15) is 34.0 Å². The Morgan fingerprint density at radius 3 is 3.05 bits per heavy atom. The van der Waals surface area contributed by atoms with Crippen LogP contribution < -0.4 is 11.1 Å². The minimum atomic E-state index is -0.183. The number of hydrogen-bond acceptors (Lipinski definition) is 4. The molecule has 1 amide bonds. The van der Waals surface area contributed by atoms with Crippen LogP contribution in [0.15, 0.2) is 29.6 Å². The van der Waals surface area contributed by atoms with Gasteiger partial charge in [0.25, 0.3) is 5.91 Å². The highest BCUT2D eigenvalue weighted by Crippen LogP contribution is 2.18. The Labute approximate surface area is 127 Å². The fraction of sp³-hybridized carbons (Fsp3) is 0.286. The Morgan fingerprint density at radius 1 is 1.55 bits per heavy atom. The van der Waals surface area contributed by atoms with Gasteiger partial charge in [0.1, 0.15) is 5.69 Å². The predicted molar refractivity (Wildman–Crippen MR) is 82.2 cm³/mol. The van der Waals surface area contributed by atoms with Gasteiger partial charge in [0.05, 0.1) is 11.0 Å². The number of nitrogens with one attached hydrogen (secondary N) is 1. The van der Waals surface area contributed by atoms with Crippen LogP contribution in [0.5, 0.6) is 0 Å². The summed E-state index contributed by atoms with van der Waals surface area (Å²) in [6, 6.07) is 7.31. The van der Waals surface area contributed by atoms with E-state index in [4.69, 9.17) is 17.3 Å². The molecule has 4 nitrogen and oxygen atoms in total. The SMILES string of the molecule is CC(NC(=O)c1csc(CCN)n1)c1cccc(Cl)c1. The molecule has 1 aromatic heterocycles. The van der Waals surface area contributed by atoms with Gasteiger partial charge in [-0.3, -0.25) is 4.79 Å². The van der Waals surface area contributed by atoms with E-state index in [1.165, 1.54) is 11.3 Å². The summed E-state index contributed by atoms with van der Waals surface area (Å²) in [5, 5.41) is 6.20. The number of aromatic nitrogens is 1. The summed E-state index contributed by atoms with van der Waals surface area (Å²) < 4.78 is 0. The van der Waals surface area contributed by atoms with Gasteiger partial charge in [-0.1, -0.05) is 23.7 Å². The van der Waals surface area contributed by atoms with Crippen molar-refractivity contribution in [3.63, 3.8) is 0 Å². The van der Waals surface area contributed by atoms with Crippen LogP contribution in [0, 0.1) is 0 Å². The first-order valence-corrected chi connectivity index (χ1v) is 7.56. The maximum Gasteiger partial charge on any atom is 0.271 e. The van der Waals surface area contributed by atoms with Crippen LogP contribution in [0.2, 0.25) is 5.02 Å². The molecule has 0 radical (unpaired) electrons. The Kier molecular flexibility index (Phi) is 5.11. The summed E-state index contributed by atoms with van der Waals surface area (Å²) >= 11 is 7.40. The molecule has 0 aliphatic heterocycles. The summed E-state index contributed by atoms with van der Waals surface area (Å²) in [4.78, 5) is 16.4. The second-order valence-electron chi connectivity index (χ2n) is 4.42. The van der Waals surface area contributed by atoms with E-state index in [-0.39, 0.29) is 11.9 Å². The standard InChI is InChI=1S/C14H16ClN3OS/c1-9(10-3-2-4-11(15)7-10)17-14(19)12-8-20-13(18-12)5-6-16/h2-4,7-9H,5-6,16H2,1H3,(H,17,19). The third-order valence-electron chi connectivity index (χ3n) is 2.84. The molecule has 1 heterocycles. The molecule has 20 heavy (non-hydrogen) atoms. The van der Waals surface area contributed by atoms with Gasteiger partial charge in [-0.25, -0.2) is 4.98 Å². The molecule has 2 rings (SSSR count). The van der Waals surface area contributed by atoms with Crippen LogP contribution >= 0.6 is 22.9 Å². The molecule has 0 saturated carbocycles. The van der Waals surface area contributed by atoms with Gasteiger partial charge in [0, 0.05) is 16.8 Å². The molecule has 0 bridgehead atoms. The number of amides is 1. The van der Waals surface area contributed by atoms with Crippen LogP contribution in [0.3, 0.4) is 0 Å². The molecule has 2 aromatic rings. The van der Waals surface area contributed by atoms with Crippen LogP contribution in [0.4, 0.5) is 0 Å². The number of nitrogens with two attached hydrogens (primary N) is 1. The van der Waals surface area contributed by atoms with Gasteiger partial charge in [-0.15, -0.1) is 11.3 Å². The van der Waals surface area contributed by atoms with Crippen LogP contribution in [-0.4, -0.2) is 17.4 Å². The monoisotopic (exact) mass is 309 g/mol. The molecule has 0 fully saturated rings. The molecule has 1 atom stereocenters. The van der Waals surface area contributed by atoms with Crippen LogP contribution in [0.25, 0.3) is 0 Å². The summed E-state index contributed by atoms with van der Waals surface area (Å²) in [6.07, 6.45) is 0.696. The van der Waals surface area contributed by atoms with E-state index in [1.54, 1.807) is 11.4 Å². The van der Waals surface area contributed by atoms with Crippen molar-refractivity contribution >= 4 is 28.8 Å². The number of carbonyl (C=O) groups is 1. The van der Waals surface area contributed by atoms with Gasteiger partial charge in [-0.05, 0) is 31.2 Å². The molecule has 0 spiro atoms. The van der Waals surface area contributed by atoms with Crippen molar-refractivity contribution in [2.24, 2.45) is 5.73 Å². The summed E-state index contributed by atoms with van der Waals surface area (Å²) in [6.45, 7) is 2.45. The molecule has 1 aromatic carbocycles. The van der Waals surface area contributed by atoms with E-state index < -0.39 is 0 Å². The van der Waals surface area contributed by atoms with E-state index in [0.717, 1.165) is 10.6 Å². The molecule has 0 aliphatic rings. The van der Waals surface area contributed by atoms with Crippen molar-refractivity contribution in [2.45, 2.75) is 19.4 Å². The van der Waals surface area contributed by atoms with Crippen molar-refractivity contribution in [1.29, 1.82) is 0 Å². The number of thiazole rings is 1. The first-order chi connectivity index (χ1) is 9.60. The molecule has 0 aliphatic carbocycles. The highest BCUT2D eigenvalue weighted by molar-refractivity contribution is 7.09. The van der Waals surface area contributed by atoms with Crippen molar-refractivity contribution in [2.75, 3.05) is 6.54 Å². The molecular weight excluding hydrogens is 294 g/mol. The fourth-order valence-corrected chi connectivity index (χ4v) is 2.78. The van der Waals surface area contributed by atoms with E-state index in [0.29, 0.717) is 23.7 Å². The van der Waals surface area contributed by atoms with E-state index >= 15 is 0 Å². The van der Waals surface area contributed by atoms with Crippen molar-refractivity contribution in [3.05, 3.63) is 50.9 Å². The van der Waals surface area contributed by atoms with Gasteiger partial charge in [0.15, 0.2) is 0 Å². The Balaban J connectivity index is 2.03. The van der Waals surface area contributed by atoms with Gasteiger partial charge >= 0.3 is 0 Å². The van der Waals surface area contributed by atoms with Crippen LogP contribution in [-0.2, 0) is 6.42 Å². The topological polar surface area (TPSA) is 68.0 Å². The maximum atomic E-state index is 12.1. The lowest BCUT2D eigenvalue weighted by Gasteiger charge is -2.13. The predicted octanol–water partition coefficient (Wildman–Crippen LogP) is 2.79. The average Bonchev–Trinajstić information content (AvgIpc) is 2.88. The van der Waals surface area contributed by atoms with E-state index in [2.05, 4.69) is 10.3 Å². The van der Waals surface area contributed by atoms with Gasteiger partial charge in [-0.2, -0.15) is 0 Å². The number of rotatable bonds is 5. The first kappa shape index (κ1) is 15.0. The van der Waals surface area contributed by atoms with Crippen molar-refractivity contribution < 1.29 is 4.79 Å².